The molecule has 4 aromatic carbocycles. The fourth-order valence-corrected chi connectivity index (χ4v) is 7.67. The molecule has 2 unspecified atom stereocenters. The van der Waals surface area contributed by atoms with Crippen LogP contribution in [0, 0.1) is 0 Å². The summed E-state index contributed by atoms with van der Waals surface area (Å²) in [6, 6.07) is 32.8. The first-order valence-corrected chi connectivity index (χ1v) is 19.1. The van der Waals surface area contributed by atoms with Gasteiger partial charge >= 0.3 is 0 Å². The number of hydrogen-bond acceptors (Lipinski definition) is 6. The molecule has 0 saturated carbocycles. The molecular formula is C44H52N6O4. The Morgan fingerprint density at radius 3 is 1.26 bits per heavy atom. The molecule has 0 spiro atoms. The molecule has 0 aromatic heterocycles. The predicted molar refractivity (Wildman–Crippen MR) is 214 cm³/mol. The van der Waals surface area contributed by atoms with E-state index in [-0.39, 0.29) is 23.6 Å². The number of amides is 4. The van der Waals surface area contributed by atoms with Gasteiger partial charge in [-0.05, 0) is 99.4 Å². The van der Waals surface area contributed by atoms with Gasteiger partial charge in [-0.1, -0.05) is 98.8 Å². The summed E-state index contributed by atoms with van der Waals surface area (Å²) < 4.78 is 0. The summed E-state index contributed by atoms with van der Waals surface area (Å²) in [5.74, 6) is -0.474. The van der Waals surface area contributed by atoms with E-state index in [1.807, 2.05) is 147 Å². The Kier molecular flexibility index (Phi) is 12.6. The second-order valence-electron chi connectivity index (χ2n) is 14.3. The standard InChI is InChI=1S/C44H52N6O4/c1-5-47(3)39(33-15-9-7-10-16-33)43(53)49-29-13-19-37(49)41(51)45-35-25-21-31(22-26-35)32-23-27-36(28-24-32)46-42(52)38-20-14-30-50(38)44(54)40(48(4)6-2)34-17-11-8-12-18-34/h7-12,15-18,21-28,37-40H,5-6,13-14,19-20,29-30H2,1-4H3,(H,45,51)(H,46,52)/t37-,38-,39?,40?/m0/s1. The molecule has 4 amide bonds. The van der Waals surface area contributed by atoms with E-state index >= 15 is 0 Å². The lowest BCUT2D eigenvalue weighted by Gasteiger charge is -2.33. The lowest BCUT2D eigenvalue weighted by atomic mass is 10.0. The van der Waals surface area contributed by atoms with Crippen molar-refractivity contribution < 1.29 is 19.2 Å². The zero-order valence-corrected chi connectivity index (χ0v) is 31.8. The summed E-state index contributed by atoms with van der Waals surface area (Å²) in [4.78, 5) is 62.3. The Morgan fingerprint density at radius 1 is 0.574 bits per heavy atom. The second-order valence-corrected chi connectivity index (χ2v) is 14.3. The van der Waals surface area contributed by atoms with Crippen molar-refractivity contribution >= 4 is 35.0 Å². The van der Waals surface area contributed by atoms with Gasteiger partial charge in [-0.2, -0.15) is 0 Å². The highest BCUT2D eigenvalue weighted by Crippen LogP contribution is 2.30. The van der Waals surface area contributed by atoms with Gasteiger partial charge in [-0.15, -0.1) is 0 Å². The van der Waals surface area contributed by atoms with E-state index in [0.29, 0.717) is 50.4 Å². The van der Waals surface area contributed by atoms with Crippen molar-refractivity contribution in [1.82, 2.24) is 19.6 Å². The van der Waals surface area contributed by atoms with Gasteiger partial charge in [0.25, 0.3) is 0 Å². The smallest absolute Gasteiger partial charge is 0.247 e. The third-order valence-corrected chi connectivity index (χ3v) is 10.9. The molecule has 54 heavy (non-hydrogen) atoms. The fourth-order valence-electron chi connectivity index (χ4n) is 7.67. The van der Waals surface area contributed by atoms with E-state index in [4.69, 9.17) is 0 Å². The molecule has 0 bridgehead atoms. The minimum atomic E-state index is -0.534. The maximum atomic E-state index is 13.9. The van der Waals surface area contributed by atoms with E-state index in [0.717, 1.165) is 35.1 Å². The molecule has 2 aliphatic heterocycles. The molecular weight excluding hydrogens is 677 g/mol. The van der Waals surface area contributed by atoms with Crippen molar-refractivity contribution in [2.75, 3.05) is 50.9 Å². The molecule has 6 rings (SSSR count). The average molecular weight is 729 g/mol. The van der Waals surface area contributed by atoms with Crippen LogP contribution in [0.15, 0.2) is 109 Å². The van der Waals surface area contributed by atoms with Crippen molar-refractivity contribution in [1.29, 1.82) is 0 Å². The molecule has 0 aliphatic carbocycles. The third-order valence-electron chi connectivity index (χ3n) is 10.9. The van der Waals surface area contributed by atoms with Crippen LogP contribution in [0.3, 0.4) is 0 Å². The van der Waals surface area contributed by atoms with Gasteiger partial charge in [0.1, 0.15) is 24.2 Å². The number of anilines is 2. The average Bonchev–Trinajstić information content (AvgIpc) is 3.91. The Morgan fingerprint density at radius 2 is 0.926 bits per heavy atom. The Hall–Kier alpha value is -5.32. The number of rotatable bonds is 13. The molecule has 282 valence electrons. The zero-order valence-electron chi connectivity index (χ0n) is 31.8. The summed E-state index contributed by atoms with van der Waals surface area (Å²) >= 11 is 0. The van der Waals surface area contributed by atoms with Crippen LogP contribution >= 0.6 is 0 Å². The third kappa shape index (κ3) is 8.56. The first kappa shape index (κ1) is 38.4. The summed E-state index contributed by atoms with van der Waals surface area (Å²) in [7, 11) is 3.88. The van der Waals surface area contributed by atoms with Gasteiger partial charge in [0.2, 0.25) is 23.6 Å². The minimum Gasteiger partial charge on any atom is -0.329 e. The minimum absolute atomic E-state index is 0.0521. The Bertz CT molecular complexity index is 1750. The summed E-state index contributed by atoms with van der Waals surface area (Å²) in [6.07, 6.45) is 2.79. The highest BCUT2D eigenvalue weighted by Gasteiger charge is 2.40. The molecule has 2 aliphatic rings. The molecule has 2 saturated heterocycles. The van der Waals surface area contributed by atoms with Crippen LogP contribution in [0.4, 0.5) is 11.4 Å². The van der Waals surface area contributed by atoms with E-state index in [2.05, 4.69) is 10.6 Å². The number of likely N-dealkylation sites (N-methyl/N-ethyl adjacent to an activating group) is 2. The van der Waals surface area contributed by atoms with Crippen molar-refractivity contribution in [3.8, 4) is 11.1 Å². The summed E-state index contributed by atoms with van der Waals surface area (Å²) in [6.45, 7) is 6.56. The topological polar surface area (TPSA) is 105 Å². The van der Waals surface area contributed by atoms with Gasteiger partial charge in [-0.25, -0.2) is 0 Å². The number of carbonyl (C=O) groups excluding carboxylic acids is 4. The number of likely N-dealkylation sites (tertiary alicyclic amines) is 2. The quantitative estimate of drug-likeness (QED) is 0.161. The maximum Gasteiger partial charge on any atom is 0.247 e. The van der Waals surface area contributed by atoms with Crippen molar-refractivity contribution in [3.05, 3.63) is 120 Å². The lowest BCUT2D eigenvalue weighted by Crippen LogP contribution is -2.48. The van der Waals surface area contributed by atoms with Gasteiger partial charge in [0.15, 0.2) is 0 Å². The zero-order chi connectivity index (χ0) is 38.2. The van der Waals surface area contributed by atoms with Crippen LogP contribution in [0.25, 0.3) is 11.1 Å². The summed E-state index contributed by atoms with van der Waals surface area (Å²) in [5.41, 5.74) is 5.07. The van der Waals surface area contributed by atoms with E-state index in [9.17, 15) is 19.2 Å². The number of hydrogen-bond donors (Lipinski definition) is 2. The van der Waals surface area contributed by atoms with Gasteiger partial charge in [-0.3, -0.25) is 29.0 Å². The van der Waals surface area contributed by atoms with Gasteiger partial charge in [0.05, 0.1) is 0 Å². The van der Waals surface area contributed by atoms with E-state index in [1.165, 1.54) is 0 Å². The Labute approximate surface area is 319 Å². The lowest BCUT2D eigenvalue weighted by molar-refractivity contribution is -0.141. The normalized spacial score (nSPS) is 18.1. The Balaban J connectivity index is 1.06. The predicted octanol–water partition coefficient (Wildman–Crippen LogP) is 6.60. The van der Waals surface area contributed by atoms with Crippen LogP contribution in [-0.4, -0.2) is 95.6 Å². The highest BCUT2D eigenvalue weighted by molar-refractivity contribution is 5.99. The highest BCUT2D eigenvalue weighted by atomic mass is 16.2. The first-order valence-electron chi connectivity index (χ1n) is 19.1. The van der Waals surface area contributed by atoms with E-state index < -0.39 is 24.2 Å². The van der Waals surface area contributed by atoms with E-state index in [1.54, 1.807) is 9.80 Å². The number of nitrogens with one attached hydrogen (secondary N) is 2. The molecule has 10 heteroatoms. The molecule has 2 N–H and O–H groups in total. The van der Waals surface area contributed by atoms with Crippen LogP contribution in [0.2, 0.25) is 0 Å². The van der Waals surface area contributed by atoms with Gasteiger partial charge < -0.3 is 20.4 Å². The van der Waals surface area contributed by atoms with Crippen molar-refractivity contribution in [2.24, 2.45) is 0 Å². The largest absolute Gasteiger partial charge is 0.329 e. The maximum absolute atomic E-state index is 13.9. The van der Waals surface area contributed by atoms with Crippen LogP contribution in [0.5, 0.6) is 0 Å². The summed E-state index contributed by atoms with van der Waals surface area (Å²) in [5, 5.41) is 6.08. The molecule has 2 heterocycles. The molecule has 0 radical (unpaired) electrons. The fraction of sp³-hybridized carbons (Fsp3) is 0.364. The molecule has 4 aromatic rings. The number of benzene rings is 4. The van der Waals surface area contributed by atoms with Crippen LogP contribution < -0.4 is 10.6 Å². The second kappa shape index (κ2) is 17.7. The monoisotopic (exact) mass is 728 g/mol. The SMILES string of the molecule is CCN(C)C(C(=O)N1CCC[C@H]1C(=O)Nc1ccc(-c2ccc(NC(=O)[C@@H]3CCCN3C(=O)C(c3ccccc3)N(C)CC)cc2)cc1)c1ccccc1. The van der Waals surface area contributed by atoms with Crippen LogP contribution in [-0.2, 0) is 19.2 Å². The number of nitrogens with zero attached hydrogens (tertiary/aromatic N) is 4. The molecule has 10 nitrogen and oxygen atoms in total. The molecule has 4 atom stereocenters. The van der Waals surface area contributed by atoms with Crippen LogP contribution in [0.1, 0.15) is 62.7 Å². The van der Waals surface area contributed by atoms with Crippen molar-refractivity contribution in [2.45, 2.75) is 63.7 Å². The van der Waals surface area contributed by atoms with Crippen molar-refractivity contribution in [3.63, 3.8) is 0 Å². The molecule has 2 fully saturated rings. The first-order chi connectivity index (χ1) is 26.2. The number of carbonyl (C=O) groups is 4. The van der Waals surface area contributed by atoms with Gasteiger partial charge in [0, 0.05) is 24.5 Å².